The Hall–Kier alpha value is -3.98. The number of amides is 1. The Bertz CT molecular complexity index is 1700. The molecule has 3 aliphatic heterocycles. The van der Waals surface area contributed by atoms with Crippen LogP contribution in [0.5, 0.6) is 0 Å². The number of anilines is 1. The number of ether oxygens (including phenoxy) is 1. The first-order chi connectivity index (χ1) is 20.0. The molecule has 4 aromatic rings. The molecule has 0 bridgehead atoms. The van der Waals surface area contributed by atoms with Gasteiger partial charge in [-0.2, -0.15) is 5.26 Å². The molecule has 1 aromatic heterocycles. The minimum absolute atomic E-state index is 0.323. The van der Waals surface area contributed by atoms with E-state index in [2.05, 4.69) is 34.0 Å². The molecule has 8 nitrogen and oxygen atoms in total. The molecule has 0 aliphatic carbocycles. The van der Waals surface area contributed by atoms with Crippen molar-refractivity contribution in [3.05, 3.63) is 123 Å². The largest absolute Gasteiger partial charge is 0.462 e. The number of hydrogen-bond acceptors (Lipinski definition) is 7. The summed E-state index contributed by atoms with van der Waals surface area (Å²) in [6, 6.07) is 28.1. The number of nitrogens with zero attached hydrogens (tertiary/aromatic N) is 2. The van der Waals surface area contributed by atoms with E-state index in [1.807, 2.05) is 83.8 Å². The summed E-state index contributed by atoms with van der Waals surface area (Å²) in [5, 5.41) is 23.7. The van der Waals surface area contributed by atoms with Crippen molar-refractivity contribution in [2.45, 2.75) is 36.3 Å². The van der Waals surface area contributed by atoms with Crippen molar-refractivity contribution >= 4 is 40.2 Å². The van der Waals surface area contributed by atoms with Gasteiger partial charge in [0, 0.05) is 9.26 Å². The number of fused-ring (bicyclic) bond motifs is 3. The fraction of sp³-hybridized carbons (Fsp3) is 0.219. The molecule has 0 saturated carbocycles. The molecule has 1 spiro atoms. The zero-order valence-electron chi connectivity index (χ0n) is 21.6. The first-order valence-electron chi connectivity index (χ1n) is 13.3. The topological polar surface area (TPSA) is 116 Å². The maximum atomic E-state index is 14.3. The van der Waals surface area contributed by atoms with E-state index in [1.54, 1.807) is 12.1 Å². The number of rotatable bonds is 4. The quantitative estimate of drug-likeness (QED) is 0.230. The Morgan fingerprint density at radius 3 is 2.32 bits per heavy atom. The van der Waals surface area contributed by atoms with Crippen LogP contribution in [0.2, 0.25) is 0 Å². The summed E-state index contributed by atoms with van der Waals surface area (Å²) < 4.78 is 13.3. The number of nitriles is 1. The summed E-state index contributed by atoms with van der Waals surface area (Å²) in [6.45, 7) is -0.331. The third kappa shape index (κ3) is 3.71. The summed E-state index contributed by atoms with van der Waals surface area (Å²) in [5.74, 6) is -1.33. The van der Waals surface area contributed by atoms with Gasteiger partial charge in [-0.25, -0.2) is 0 Å². The Balaban J connectivity index is 1.55. The lowest BCUT2D eigenvalue weighted by molar-refractivity contribution is -0.176. The number of hydrogen-bond donors (Lipinski definition) is 2. The standard InChI is InChI=1S/C32H24IN3O5/c33-20-11-13-24-22(15-20)32(31(39)35-24)23(16-34)27-30(38)41-28(19-9-5-2-6-10-19)26(18-7-3-1-4-8-18)36(27)29(32)25-14-12-21(17-37)40-25/h1-15,23,26-29,37H,17H2,(H,35,39)/t23-,26+,27+,28-,29-,32+/m0/s1. The van der Waals surface area contributed by atoms with Crippen LogP contribution in [0.1, 0.15) is 46.4 Å². The van der Waals surface area contributed by atoms with Gasteiger partial charge in [-0.15, -0.1) is 0 Å². The highest BCUT2D eigenvalue weighted by molar-refractivity contribution is 14.1. The SMILES string of the molecule is N#C[C@H]1[C@@H]2C(=O)O[C@@H](c3ccccc3)[C@@H](c3ccccc3)N2[C@@H](c2ccc(CO)o2)[C@]12C(=O)Nc1ccc(I)cc12. The molecule has 2 saturated heterocycles. The molecular weight excluding hydrogens is 633 g/mol. The number of halogens is 1. The minimum atomic E-state index is -1.49. The van der Waals surface area contributed by atoms with Crippen LogP contribution in [0.4, 0.5) is 5.69 Å². The number of morpholine rings is 1. The van der Waals surface area contributed by atoms with Gasteiger partial charge >= 0.3 is 5.97 Å². The number of cyclic esters (lactones) is 1. The molecule has 3 aromatic carbocycles. The normalized spacial score (nSPS) is 28.6. The average Bonchev–Trinajstić information content (AvgIpc) is 3.67. The van der Waals surface area contributed by atoms with Crippen molar-refractivity contribution in [2.24, 2.45) is 5.92 Å². The van der Waals surface area contributed by atoms with Gasteiger partial charge in [-0.3, -0.25) is 14.5 Å². The number of benzene rings is 3. The number of aliphatic hydroxyl groups is 1. The molecule has 6 atom stereocenters. The van der Waals surface area contributed by atoms with Crippen LogP contribution in [0.3, 0.4) is 0 Å². The molecule has 2 N–H and O–H groups in total. The molecule has 41 heavy (non-hydrogen) atoms. The van der Waals surface area contributed by atoms with Crippen LogP contribution >= 0.6 is 22.6 Å². The average molecular weight is 657 g/mol. The Kier molecular flexibility index (Phi) is 6.23. The number of furan rings is 1. The first kappa shape index (κ1) is 26.0. The second-order valence-corrected chi connectivity index (χ2v) is 11.7. The lowest BCUT2D eigenvalue weighted by atomic mass is 9.67. The van der Waals surface area contributed by atoms with Gasteiger partial charge in [-0.05, 0) is 69.6 Å². The van der Waals surface area contributed by atoms with Crippen molar-refractivity contribution in [3.8, 4) is 6.07 Å². The summed E-state index contributed by atoms with van der Waals surface area (Å²) >= 11 is 2.19. The Morgan fingerprint density at radius 1 is 0.951 bits per heavy atom. The van der Waals surface area contributed by atoms with Crippen molar-refractivity contribution in [1.82, 2.24) is 4.90 Å². The number of nitrogens with one attached hydrogen (secondary N) is 1. The fourth-order valence-electron chi connectivity index (χ4n) is 6.95. The molecule has 4 heterocycles. The van der Waals surface area contributed by atoms with Crippen LogP contribution in [0, 0.1) is 20.8 Å². The molecular formula is C32H24IN3O5. The van der Waals surface area contributed by atoms with E-state index < -0.39 is 41.5 Å². The van der Waals surface area contributed by atoms with Crippen molar-refractivity contribution < 1.29 is 23.8 Å². The maximum Gasteiger partial charge on any atom is 0.325 e. The third-order valence-electron chi connectivity index (χ3n) is 8.52. The van der Waals surface area contributed by atoms with E-state index in [0.29, 0.717) is 22.8 Å². The number of carbonyl (C=O) groups is 2. The second-order valence-electron chi connectivity index (χ2n) is 10.5. The van der Waals surface area contributed by atoms with Crippen LogP contribution < -0.4 is 5.32 Å². The van der Waals surface area contributed by atoms with Gasteiger partial charge in [-0.1, -0.05) is 60.7 Å². The van der Waals surface area contributed by atoms with Gasteiger partial charge in [0.05, 0.1) is 24.1 Å². The minimum Gasteiger partial charge on any atom is -0.462 e. The number of aliphatic hydroxyl groups excluding tert-OH is 1. The summed E-state index contributed by atoms with van der Waals surface area (Å²) in [6.07, 6.45) is -0.716. The monoisotopic (exact) mass is 657 g/mol. The highest BCUT2D eigenvalue weighted by Gasteiger charge is 2.73. The van der Waals surface area contributed by atoms with Gasteiger partial charge in [0.1, 0.15) is 35.7 Å². The highest BCUT2D eigenvalue weighted by atomic mass is 127. The molecule has 0 unspecified atom stereocenters. The van der Waals surface area contributed by atoms with E-state index in [4.69, 9.17) is 9.15 Å². The lowest BCUT2D eigenvalue weighted by Crippen LogP contribution is -2.50. The van der Waals surface area contributed by atoms with E-state index >= 15 is 0 Å². The third-order valence-corrected chi connectivity index (χ3v) is 9.19. The predicted octanol–water partition coefficient (Wildman–Crippen LogP) is 5.17. The van der Waals surface area contributed by atoms with Crippen LogP contribution in [0.15, 0.2) is 95.4 Å². The fourth-order valence-corrected chi connectivity index (χ4v) is 7.44. The van der Waals surface area contributed by atoms with Crippen molar-refractivity contribution in [3.63, 3.8) is 0 Å². The van der Waals surface area contributed by atoms with Crippen molar-refractivity contribution in [2.75, 3.05) is 5.32 Å². The van der Waals surface area contributed by atoms with Crippen LogP contribution in [-0.4, -0.2) is 27.9 Å². The van der Waals surface area contributed by atoms with Gasteiger partial charge in [0.15, 0.2) is 0 Å². The molecule has 7 rings (SSSR count). The van der Waals surface area contributed by atoms with Crippen LogP contribution in [-0.2, 0) is 26.3 Å². The van der Waals surface area contributed by atoms with E-state index in [1.165, 1.54) is 0 Å². The van der Waals surface area contributed by atoms with E-state index in [0.717, 1.165) is 14.7 Å². The van der Waals surface area contributed by atoms with Crippen LogP contribution in [0.25, 0.3) is 0 Å². The number of carbonyl (C=O) groups excluding carboxylic acids is 2. The lowest BCUT2D eigenvalue weighted by Gasteiger charge is -2.45. The zero-order valence-corrected chi connectivity index (χ0v) is 23.8. The molecule has 0 radical (unpaired) electrons. The van der Waals surface area contributed by atoms with Gasteiger partial charge in [0.2, 0.25) is 5.91 Å². The van der Waals surface area contributed by atoms with E-state index in [-0.39, 0.29) is 12.5 Å². The molecule has 9 heteroatoms. The Morgan fingerprint density at radius 2 is 1.66 bits per heavy atom. The zero-order chi connectivity index (χ0) is 28.3. The van der Waals surface area contributed by atoms with E-state index in [9.17, 15) is 20.0 Å². The van der Waals surface area contributed by atoms with Crippen molar-refractivity contribution in [1.29, 1.82) is 5.26 Å². The second kappa shape index (κ2) is 9.83. The smallest absolute Gasteiger partial charge is 0.325 e. The number of esters is 1. The molecule has 3 aliphatic rings. The summed E-state index contributed by atoms with van der Waals surface area (Å²) in [7, 11) is 0. The van der Waals surface area contributed by atoms with Gasteiger partial charge in [0.25, 0.3) is 0 Å². The molecule has 2 fully saturated rings. The molecule has 1 amide bonds. The highest BCUT2D eigenvalue weighted by Crippen LogP contribution is 2.64. The Labute approximate surface area is 249 Å². The first-order valence-corrected chi connectivity index (χ1v) is 14.3. The molecule has 204 valence electrons. The maximum absolute atomic E-state index is 14.3. The van der Waals surface area contributed by atoms with Gasteiger partial charge < -0.3 is 19.6 Å². The summed E-state index contributed by atoms with van der Waals surface area (Å²) in [5.41, 5.74) is 1.41. The predicted molar refractivity (Wildman–Crippen MR) is 156 cm³/mol. The summed E-state index contributed by atoms with van der Waals surface area (Å²) in [4.78, 5) is 30.3.